The van der Waals surface area contributed by atoms with Crippen LogP contribution in [0.15, 0.2) is 170 Å². The van der Waals surface area contributed by atoms with Crippen LogP contribution in [0.2, 0.25) is 12.1 Å². The zero-order chi connectivity index (χ0) is 54.8. The highest BCUT2D eigenvalue weighted by molar-refractivity contribution is 7.02. The van der Waals surface area contributed by atoms with E-state index in [4.69, 9.17) is 14.2 Å². The van der Waals surface area contributed by atoms with Crippen molar-refractivity contribution >= 4 is 36.3 Å². The van der Waals surface area contributed by atoms with Crippen LogP contribution in [0, 0.1) is 34.5 Å². The molecule has 1 amide bonds. The summed E-state index contributed by atoms with van der Waals surface area (Å²) in [5.41, 5.74) is 6.87. The van der Waals surface area contributed by atoms with Crippen LogP contribution in [0.1, 0.15) is 122 Å². The number of hydrogen-bond acceptors (Lipinski definition) is 6. The molecule has 7 nitrogen and oxygen atoms in total. The Morgan fingerprint density at radius 2 is 1.08 bits per heavy atom. The fourth-order valence-electron chi connectivity index (χ4n) is 12.2. The molecule has 6 aromatic rings. The summed E-state index contributed by atoms with van der Waals surface area (Å²) in [6, 6.07) is 58.1. The Morgan fingerprint density at radius 1 is 0.571 bits per heavy atom. The van der Waals surface area contributed by atoms with E-state index in [0.29, 0.717) is 42.2 Å². The van der Waals surface area contributed by atoms with Crippen LogP contribution >= 0.6 is 0 Å². The molecule has 0 aliphatic heterocycles. The molecule has 6 aromatic carbocycles. The molecule has 5 atom stereocenters. The maximum absolute atomic E-state index is 14.7. The number of ketones is 1. The summed E-state index contributed by atoms with van der Waals surface area (Å²) in [5, 5.41) is 5.54. The highest BCUT2D eigenvalue weighted by Gasteiger charge is 2.38. The summed E-state index contributed by atoms with van der Waals surface area (Å²) in [5.74, 6) is 0.133. The van der Waals surface area contributed by atoms with E-state index in [1.54, 1.807) is 0 Å². The van der Waals surface area contributed by atoms with Crippen molar-refractivity contribution in [2.75, 3.05) is 26.4 Å². The van der Waals surface area contributed by atoms with Crippen LogP contribution in [-0.2, 0) is 36.6 Å². The number of fused-ring (bicyclic) bond motifs is 3. The molecule has 1 aliphatic carbocycles. The highest BCUT2D eigenvalue weighted by Crippen LogP contribution is 2.44. The highest BCUT2D eigenvalue weighted by atomic mass is 28.3. The predicted octanol–water partition coefficient (Wildman–Crippen LogP) is 14.7. The second-order valence-corrected chi connectivity index (χ2v) is 28.9. The largest absolute Gasteiger partial charge is 0.466 e. The van der Waals surface area contributed by atoms with Crippen molar-refractivity contribution in [2.45, 2.75) is 131 Å². The van der Waals surface area contributed by atoms with Gasteiger partial charge in [0.2, 0.25) is 0 Å². The first kappa shape index (κ1) is 58.6. The summed E-state index contributed by atoms with van der Waals surface area (Å²) < 4.78 is 19.1. The summed E-state index contributed by atoms with van der Waals surface area (Å²) in [4.78, 5) is 43.2. The molecule has 0 bridgehead atoms. The first-order chi connectivity index (χ1) is 37.0. The first-order valence-electron chi connectivity index (χ1n) is 28.6. The number of nitrogens with one attached hydrogen (secondary N) is 1. The van der Waals surface area contributed by atoms with Crippen LogP contribution in [0.5, 0.6) is 0 Å². The van der Waals surface area contributed by atoms with Gasteiger partial charge in [-0.3, -0.25) is 9.59 Å². The van der Waals surface area contributed by atoms with E-state index >= 15 is 0 Å². The first-order valence-corrected chi connectivity index (χ1v) is 31.0. The second-order valence-electron chi connectivity index (χ2n) is 24.6. The third-order valence-corrected chi connectivity index (χ3v) is 20.9. The molecule has 77 heavy (non-hydrogen) atoms. The lowest BCUT2D eigenvalue weighted by atomic mass is 9.76. The van der Waals surface area contributed by atoms with E-state index in [1.807, 2.05) is 84.9 Å². The lowest BCUT2D eigenvalue weighted by Crippen LogP contribution is -2.58. The molecule has 1 N–H and O–H groups in total. The molecule has 408 valence electrons. The SMILES string of the molecule is CC(CCC(COCCC[Si](CCOC(=O)[C@@H](CC(=O)C(Cc1ccccc1)NC(=O)OCC1c2ccccc2-c2ccccc21)Cc1ccccc1)(c1ccccc1)c1ccccc1)C(C)CC(C)(C)C)CC(C)(C)C. The maximum Gasteiger partial charge on any atom is 0.407 e. The topological polar surface area (TPSA) is 90.9 Å². The minimum atomic E-state index is -2.56. The number of benzene rings is 6. The van der Waals surface area contributed by atoms with Crippen LogP contribution in [0.3, 0.4) is 0 Å². The Hall–Kier alpha value is -6.09. The Labute approximate surface area is 463 Å². The van der Waals surface area contributed by atoms with Gasteiger partial charge in [0.1, 0.15) is 14.7 Å². The van der Waals surface area contributed by atoms with Gasteiger partial charge in [-0.25, -0.2) is 4.79 Å². The molecule has 4 unspecified atom stereocenters. The predicted molar refractivity (Wildman–Crippen MR) is 319 cm³/mol. The molecule has 0 fully saturated rings. The van der Waals surface area contributed by atoms with Crippen LogP contribution < -0.4 is 15.7 Å². The fourth-order valence-corrected chi connectivity index (χ4v) is 16.8. The van der Waals surface area contributed by atoms with E-state index in [0.717, 1.165) is 58.9 Å². The number of carbonyl (C=O) groups is 3. The lowest BCUT2D eigenvalue weighted by Gasteiger charge is -2.34. The molecule has 0 saturated heterocycles. The molecule has 0 radical (unpaired) electrons. The average Bonchev–Trinajstić information content (AvgIpc) is 3.85. The number of hydrogen-bond donors (Lipinski definition) is 1. The molecule has 0 aromatic heterocycles. The van der Waals surface area contributed by atoms with Gasteiger partial charge >= 0.3 is 12.1 Å². The minimum Gasteiger partial charge on any atom is -0.466 e. The van der Waals surface area contributed by atoms with Gasteiger partial charge in [0.15, 0.2) is 5.78 Å². The number of amides is 1. The number of alkyl carbamates (subject to hydrolysis) is 1. The summed E-state index contributed by atoms with van der Waals surface area (Å²) in [6.07, 6.45) is 5.43. The third-order valence-electron chi connectivity index (χ3n) is 15.8. The molecule has 8 heteroatoms. The number of rotatable bonds is 28. The molecule has 7 rings (SSSR count). The van der Waals surface area contributed by atoms with Gasteiger partial charge in [0.05, 0.1) is 18.6 Å². The molecule has 0 saturated carbocycles. The van der Waals surface area contributed by atoms with E-state index < -0.39 is 32.1 Å². The summed E-state index contributed by atoms with van der Waals surface area (Å²) in [7, 11) is -2.56. The van der Waals surface area contributed by atoms with Crippen molar-refractivity contribution in [3.8, 4) is 11.1 Å². The Morgan fingerprint density at radius 3 is 1.62 bits per heavy atom. The normalized spacial score (nSPS) is 14.6. The Kier molecular flexibility index (Phi) is 21.3. The molecule has 1 aliphatic rings. The van der Waals surface area contributed by atoms with Crippen molar-refractivity contribution in [1.29, 1.82) is 0 Å². The average molecular weight is 1050 g/mol. The Balaban J connectivity index is 1.05. The van der Waals surface area contributed by atoms with Gasteiger partial charge in [-0.05, 0) is 113 Å². The van der Waals surface area contributed by atoms with Crippen LogP contribution in [0.25, 0.3) is 11.1 Å². The number of esters is 1. The fraction of sp³-hybridized carbons (Fsp3) is 0.435. The van der Waals surface area contributed by atoms with Crippen molar-refractivity contribution in [1.82, 2.24) is 5.32 Å². The number of carbonyl (C=O) groups excluding carboxylic acids is 3. The zero-order valence-electron chi connectivity index (χ0n) is 47.5. The van der Waals surface area contributed by atoms with Crippen molar-refractivity contribution in [3.63, 3.8) is 0 Å². The molecular weight excluding hydrogens is 967 g/mol. The van der Waals surface area contributed by atoms with E-state index in [9.17, 15) is 14.4 Å². The molecule has 0 spiro atoms. The number of Topliss-reactive ketones (excluding diaryl/α,β-unsaturated/α-hetero) is 1. The van der Waals surface area contributed by atoms with E-state index in [1.165, 1.54) is 29.6 Å². The summed E-state index contributed by atoms with van der Waals surface area (Å²) >= 11 is 0. The van der Waals surface area contributed by atoms with E-state index in [-0.39, 0.29) is 43.2 Å². The van der Waals surface area contributed by atoms with Gasteiger partial charge in [0.25, 0.3) is 0 Å². The van der Waals surface area contributed by atoms with Gasteiger partial charge in [-0.2, -0.15) is 0 Å². The van der Waals surface area contributed by atoms with Gasteiger partial charge in [-0.1, -0.05) is 242 Å². The van der Waals surface area contributed by atoms with Crippen molar-refractivity contribution in [2.24, 2.45) is 34.5 Å². The maximum atomic E-state index is 14.7. The second kappa shape index (κ2) is 28.0. The summed E-state index contributed by atoms with van der Waals surface area (Å²) in [6.45, 7) is 20.7. The van der Waals surface area contributed by atoms with Crippen molar-refractivity contribution in [3.05, 3.63) is 192 Å². The monoisotopic (exact) mass is 1050 g/mol. The van der Waals surface area contributed by atoms with E-state index in [2.05, 4.69) is 146 Å². The quantitative estimate of drug-likeness (QED) is 0.0299. The number of ether oxygens (including phenoxy) is 3. The third kappa shape index (κ3) is 17.5. The van der Waals surface area contributed by atoms with Gasteiger partial charge < -0.3 is 19.5 Å². The molecule has 0 heterocycles. The lowest BCUT2D eigenvalue weighted by molar-refractivity contribution is -0.149. The minimum absolute atomic E-state index is 0.114. The smallest absolute Gasteiger partial charge is 0.407 e. The van der Waals surface area contributed by atoms with Crippen LogP contribution in [-0.4, -0.2) is 58.4 Å². The van der Waals surface area contributed by atoms with Gasteiger partial charge in [-0.15, -0.1) is 0 Å². The van der Waals surface area contributed by atoms with Crippen LogP contribution in [0.4, 0.5) is 4.79 Å². The Bertz CT molecular complexity index is 2670. The standard InChI is InChI=1S/C69H87NO6Si/c1-51(47-68(3,4)5)38-39-55(52(2)48-69(6,7)8)49-74-40-25-42-77(57-30-17-11-18-31-57,58-32-19-12-20-33-58)43-41-75-66(72)56(44-53-26-13-9-14-27-53)46-65(71)64(45-54-28-15-10-16-29-54)70-67(73)76-50-63-61-36-23-21-34-59(61)60-35-22-24-37-62(60)63/h9-24,26-37,51-52,55-56,63-64H,25,38-50H2,1-8H3,(H,70,73)/t51?,52?,55?,56-,64?/m1/s1. The van der Waals surface area contributed by atoms with Crippen molar-refractivity contribution < 1.29 is 28.6 Å². The zero-order valence-corrected chi connectivity index (χ0v) is 48.5. The molecular formula is C69H87NO6Si. The van der Waals surface area contributed by atoms with Gasteiger partial charge in [0, 0.05) is 25.6 Å².